The second-order valence-corrected chi connectivity index (χ2v) is 13.0. The molecule has 54 heavy (non-hydrogen) atoms. The van der Waals surface area contributed by atoms with E-state index in [1.165, 1.54) is 14.0 Å². The lowest BCUT2D eigenvalue weighted by molar-refractivity contribution is -0.145. The predicted molar refractivity (Wildman–Crippen MR) is 209 cm³/mol. The number of nitrogens with one attached hydrogen (secondary N) is 4. The number of carbonyl (C=O) groups excluding carboxylic acids is 4. The Hall–Kier alpha value is -5.82. The van der Waals surface area contributed by atoms with Gasteiger partial charge in [0.2, 0.25) is 23.7 Å². The molecule has 1 aliphatic rings. The van der Waals surface area contributed by atoms with Crippen LogP contribution in [0, 0.1) is 0 Å². The average molecular weight is 757 g/mol. The zero-order valence-electron chi connectivity index (χ0n) is 30.7. The van der Waals surface area contributed by atoms with Crippen molar-refractivity contribution in [2.45, 2.75) is 57.2 Å². The van der Waals surface area contributed by atoms with Crippen LogP contribution in [-0.2, 0) is 36.8 Å². The number of guanidine groups is 1. The largest absolute Gasteiger partial charge is 0.496 e. The SMILES string of the molecule is COC(=O)[C@@H]1CC=CCc2cc3ccccc3c(c2OC)-c2c(OC)c(cc3ccccc23)CC(NC(C)=O)C(=O)N[C@H](CCCN=C(N)NCl)C(=O)N1. The van der Waals surface area contributed by atoms with Crippen LogP contribution in [-0.4, -0.2) is 75.7 Å². The first kappa shape index (κ1) is 39.4. The normalized spacial score (nSPS) is 18.2. The van der Waals surface area contributed by atoms with Crippen molar-refractivity contribution in [3.05, 3.63) is 83.9 Å². The topological polar surface area (TPSA) is 182 Å². The van der Waals surface area contributed by atoms with Crippen LogP contribution >= 0.6 is 11.8 Å². The molecule has 284 valence electrons. The van der Waals surface area contributed by atoms with Crippen LogP contribution in [0.15, 0.2) is 77.8 Å². The molecule has 1 aliphatic heterocycles. The molecule has 0 aromatic heterocycles. The van der Waals surface area contributed by atoms with E-state index < -0.39 is 41.8 Å². The Bertz CT molecular complexity index is 2100. The van der Waals surface area contributed by atoms with Crippen molar-refractivity contribution in [3.63, 3.8) is 0 Å². The number of fused-ring (bicyclic) bond motifs is 9. The highest BCUT2D eigenvalue weighted by Crippen LogP contribution is 2.48. The summed E-state index contributed by atoms with van der Waals surface area (Å²) in [5.41, 5.74) is 8.74. The smallest absolute Gasteiger partial charge is 0.328 e. The number of halogens is 1. The van der Waals surface area contributed by atoms with E-state index in [4.69, 9.17) is 31.7 Å². The first-order valence-electron chi connectivity index (χ1n) is 17.5. The molecule has 0 fully saturated rings. The molecule has 1 heterocycles. The summed E-state index contributed by atoms with van der Waals surface area (Å²) in [5, 5.41) is 12.0. The molecule has 4 aromatic rings. The van der Waals surface area contributed by atoms with Crippen LogP contribution < -0.4 is 36.0 Å². The quantitative estimate of drug-likeness (QED) is 0.0439. The van der Waals surface area contributed by atoms with Crippen LogP contribution in [0.5, 0.6) is 11.5 Å². The molecule has 3 amide bonds. The maximum Gasteiger partial charge on any atom is 0.328 e. The highest BCUT2D eigenvalue weighted by atomic mass is 35.5. The number of rotatable bonds is 8. The number of allylic oxidation sites excluding steroid dienone is 1. The Balaban J connectivity index is 1.73. The van der Waals surface area contributed by atoms with E-state index in [0.29, 0.717) is 29.9 Å². The van der Waals surface area contributed by atoms with Gasteiger partial charge in [-0.25, -0.2) is 4.79 Å². The van der Waals surface area contributed by atoms with Gasteiger partial charge in [0.05, 0.1) is 21.3 Å². The Labute approximate surface area is 318 Å². The average Bonchev–Trinajstić information content (AvgIpc) is 3.17. The van der Waals surface area contributed by atoms with Crippen LogP contribution in [0.4, 0.5) is 0 Å². The van der Waals surface area contributed by atoms with Crippen molar-refractivity contribution < 1.29 is 33.4 Å². The summed E-state index contributed by atoms with van der Waals surface area (Å²) in [6.45, 7) is 1.51. The molecule has 13 nitrogen and oxygen atoms in total. The highest BCUT2D eigenvalue weighted by molar-refractivity contribution is 6.21. The summed E-state index contributed by atoms with van der Waals surface area (Å²) in [5.74, 6) is -1.20. The van der Waals surface area contributed by atoms with Crippen LogP contribution in [0.25, 0.3) is 32.7 Å². The zero-order chi connectivity index (χ0) is 38.8. The minimum atomic E-state index is -1.13. The molecule has 0 saturated heterocycles. The number of nitrogens with zero attached hydrogens (tertiary/aromatic N) is 1. The summed E-state index contributed by atoms with van der Waals surface area (Å²) >= 11 is 5.52. The Morgan fingerprint density at radius 2 is 1.50 bits per heavy atom. The molecule has 0 radical (unpaired) electrons. The number of benzene rings is 4. The summed E-state index contributed by atoms with van der Waals surface area (Å²) in [6.07, 6.45) is 4.71. The zero-order valence-corrected chi connectivity index (χ0v) is 31.4. The summed E-state index contributed by atoms with van der Waals surface area (Å²) in [6, 6.07) is 16.6. The minimum absolute atomic E-state index is 0.00129. The monoisotopic (exact) mass is 756 g/mol. The number of hydrogen-bond acceptors (Lipinski definition) is 8. The van der Waals surface area contributed by atoms with Crippen LogP contribution in [0.3, 0.4) is 0 Å². The lowest BCUT2D eigenvalue weighted by Gasteiger charge is -2.26. The van der Waals surface area contributed by atoms with Crippen molar-refractivity contribution in [2.75, 3.05) is 27.9 Å². The van der Waals surface area contributed by atoms with Gasteiger partial charge in [0.15, 0.2) is 0 Å². The molecule has 0 spiro atoms. The van der Waals surface area contributed by atoms with Crippen LogP contribution in [0.1, 0.15) is 37.3 Å². The molecular formula is C40H45ClN6O7. The van der Waals surface area contributed by atoms with Gasteiger partial charge >= 0.3 is 5.97 Å². The highest BCUT2D eigenvalue weighted by Gasteiger charge is 2.31. The number of methoxy groups -OCH3 is 3. The van der Waals surface area contributed by atoms with E-state index in [9.17, 15) is 19.2 Å². The minimum Gasteiger partial charge on any atom is -0.496 e. The van der Waals surface area contributed by atoms with E-state index in [1.807, 2.05) is 60.7 Å². The van der Waals surface area contributed by atoms with Gasteiger partial charge in [-0.3, -0.25) is 24.2 Å². The summed E-state index contributed by atoms with van der Waals surface area (Å²) < 4.78 is 17.4. The number of ether oxygens (including phenoxy) is 3. The standard InChI is InChI=1S/C40H45ClN6O7/c1-23(48)44-32-22-27-21-25-13-6-9-16-29(25)34(36(27)53-3)33-28-15-8-5-12-24(28)20-26(35(33)52-2)14-7-10-17-31(39(51)54-4)46-37(49)30(45-38(32)50)18-11-19-43-40(42)47-41/h5-10,12-13,15-16,20-21,30-32H,11,14,17-19,22H2,1-4H3,(H,44,48)(H,45,50)(H,46,49)(H3,42,43,47)/t30-,31+,32?/m1/s1. The molecular weight excluding hydrogens is 712 g/mol. The number of aliphatic imine (C=N–C) groups is 1. The lowest BCUT2D eigenvalue weighted by Crippen LogP contribution is -2.56. The third kappa shape index (κ3) is 9.03. The molecule has 0 aliphatic carbocycles. The molecule has 0 saturated carbocycles. The van der Waals surface area contributed by atoms with Gasteiger partial charge in [0.25, 0.3) is 0 Å². The first-order valence-corrected chi connectivity index (χ1v) is 17.9. The second kappa shape index (κ2) is 18.3. The Morgan fingerprint density at radius 3 is 2.09 bits per heavy atom. The van der Waals surface area contributed by atoms with Crippen molar-refractivity contribution in [3.8, 4) is 22.6 Å². The Kier molecular flexibility index (Phi) is 13.3. The van der Waals surface area contributed by atoms with Gasteiger partial charge in [0.1, 0.15) is 29.6 Å². The number of nitrogens with two attached hydrogens (primary N) is 1. The number of esters is 1. The number of amides is 3. The molecule has 6 N–H and O–H groups in total. The molecule has 1 unspecified atom stereocenters. The molecule has 5 rings (SSSR count). The fraction of sp³-hybridized carbons (Fsp3) is 0.325. The number of carbonyl (C=O) groups is 4. The van der Waals surface area contributed by atoms with E-state index in [1.54, 1.807) is 20.3 Å². The van der Waals surface area contributed by atoms with E-state index in [2.05, 4.69) is 31.8 Å². The van der Waals surface area contributed by atoms with Gasteiger partial charge in [-0.15, -0.1) is 0 Å². The van der Waals surface area contributed by atoms with Gasteiger partial charge in [-0.1, -0.05) is 60.7 Å². The summed E-state index contributed by atoms with van der Waals surface area (Å²) in [7, 11) is 4.44. The third-order valence-electron chi connectivity index (χ3n) is 9.27. The lowest BCUT2D eigenvalue weighted by atomic mass is 9.87. The molecule has 4 aromatic carbocycles. The van der Waals surface area contributed by atoms with Crippen molar-refractivity contribution in [1.29, 1.82) is 0 Å². The second-order valence-electron chi connectivity index (χ2n) is 12.8. The molecule has 14 heteroatoms. The van der Waals surface area contributed by atoms with E-state index >= 15 is 0 Å². The number of hydrogen-bond donors (Lipinski definition) is 5. The van der Waals surface area contributed by atoms with E-state index in [0.717, 1.165) is 38.2 Å². The molecule has 3 atom stereocenters. The third-order valence-corrected chi connectivity index (χ3v) is 9.47. The maximum atomic E-state index is 14.2. The summed E-state index contributed by atoms with van der Waals surface area (Å²) in [4.78, 5) is 59.8. The van der Waals surface area contributed by atoms with Gasteiger partial charge in [0, 0.05) is 42.8 Å². The maximum absolute atomic E-state index is 14.2. The van der Waals surface area contributed by atoms with Crippen molar-refractivity contribution in [2.24, 2.45) is 10.7 Å². The van der Waals surface area contributed by atoms with Crippen molar-refractivity contribution in [1.82, 2.24) is 20.8 Å². The van der Waals surface area contributed by atoms with Crippen molar-refractivity contribution >= 4 is 63.0 Å². The van der Waals surface area contributed by atoms with Crippen LogP contribution in [0.2, 0.25) is 0 Å². The van der Waals surface area contributed by atoms with Gasteiger partial charge in [-0.2, -0.15) is 0 Å². The van der Waals surface area contributed by atoms with E-state index in [-0.39, 0.29) is 31.8 Å². The fourth-order valence-electron chi connectivity index (χ4n) is 6.85. The Morgan fingerprint density at radius 1 is 0.889 bits per heavy atom. The molecule has 4 bridgehead atoms. The van der Waals surface area contributed by atoms with Gasteiger partial charge in [-0.05, 0) is 70.5 Å². The van der Waals surface area contributed by atoms with Gasteiger partial charge < -0.3 is 35.9 Å². The first-order chi connectivity index (χ1) is 26.1. The predicted octanol–water partition coefficient (Wildman–Crippen LogP) is 4.21. The fourth-order valence-corrected chi connectivity index (χ4v) is 6.91.